The first kappa shape index (κ1) is 31.1. The van der Waals surface area contributed by atoms with E-state index in [0.29, 0.717) is 0 Å². The lowest BCUT2D eigenvalue weighted by atomic mass is 9.79. The van der Waals surface area contributed by atoms with E-state index in [0.717, 1.165) is 39.0 Å². The molecule has 0 aliphatic heterocycles. The van der Waals surface area contributed by atoms with Gasteiger partial charge in [0.1, 0.15) is 5.58 Å². The summed E-state index contributed by atoms with van der Waals surface area (Å²) in [6, 6.07) is 67.6. The summed E-state index contributed by atoms with van der Waals surface area (Å²) in [5.74, 6) is 0. The van der Waals surface area contributed by atoms with E-state index >= 15 is 0 Å². The molecule has 1 heterocycles. The molecule has 252 valence electrons. The van der Waals surface area contributed by atoms with Crippen molar-refractivity contribution in [2.45, 2.75) is 19.3 Å². The number of fused-ring (bicyclic) bond motifs is 6. The third-order valence-corrected chi connectivity index (χ3v) is 11.1. The minimum atomic E-state index is -0.213. The molecule has 1 aliphatic rings. The first-order valence-electron chi connectivity index (χ1n) is 18.4. The van der Waals surface area contributed by atoms with Crippen LogP contribution in [0.4, 0.5) is 17.1 Å². The highest BCUT2D eigenvalue weighted by Crippen LogP contribution is 2.57. The van der Waals surface area contributed by atoms with E-state index in [1.807, 2.05) is 0 Å². The van der Waals surface area contributed by atoms with E-state index < -0.39 is 0 Å². The van der Waals surface area contributed by atoms with Gasteiger partial charge in [-0.3, -0.25) is 0 Å². The Morgan fingerprint density at radius 1 is 0.434 bits per heavy atom. The van der Waals surface area contributed by atoms with Crippen LogP contribution in [0, 0.1) is 0 Å². The molecule has 0 N–H and O–H groups in total. The second-order valence-corrected chi connectivity index (χ2v) is 14.5. The molecule has 53 heavy (non-hydrogen) atoms. The molecule has 0 bridgehead atoms. The maximum absolute atomic E-state index is 6.86. The zero-order chi connectivity index (χ0) is 35.5. The molecule has 0 amide bonds. The maximum Gasteiger partial charge on any atom is 0.159 e. The average molecular weight is 680 g/mol. The summed E-state index contributed by atoms with van der Waals surface area (Å²) in [5, 5.41) is 2.21. The van der Waals surface area contributed by atoms with Crippen molar-refractivity contribution in [2.24, 2.45) is 0 Å². The Kier molecular flexibility index (Phi) is 7.19. The van der Waals surface area contributed by atoms with Gasteiger partial charge in [0.2, 0.25) is 0 Å². The van der Waals surface area contributed by atoms with Gasteiger partial charge >= 0.3 is 0 Å². The molecule has 2 nitrogen and oxygen atoms in total. The summed E-state index contributed by atoms with van der Waals surface area (Å²) in [4.78, 5) is 2.41. The molecular formula is C51H37NO. The van der Waals surface area contributed by atoms with Crippen molar-refractivity contribution < 1.29 is 4.42 Å². The third-order valence-electron chi connectivity index (χ3n) is 11.1. The zero-order valence-electron chi connectivity index (χ0n) is 29.8. The van der Waals surface area contributed by atoms with Crippen LogP contribution in [-0.4, -0.2) is 0 Å². The quantitative estimate of drug-likeness (QED) is 0.174. The van der Waals surface area contributed by atoms with Crippen LogP contribution in [0.15, 0.2) is 192 Å². The number of rotatable bonds is 6. The summed E-state index contributed by atoms with van der Waals surface area (Å²) in [5.41, 5.74) is 17.2. The van der Waals surface area contributed by atoms with Crippen molar-refractivity contribution in [2.75, 3.05) is 4.90 Å². The fourth-order valence-corrected chi connectivity index (χ4v) is 8.57. The van der Waals surface area contributed by atoms with Gasteiger partial charge < -0.3 is 9.32 Å². The predicted molar refractivity (Wildman–Crippen MR) is 222 cm³/mol. The zero-order valence-corrected chi connectivity index (χ0v) is 29.8. The first-order valence-corrected chi connectivity index (χ1v) is 18.4. The molecule has 0 spiro atoms. The minimum absolute atomic E-state index is 0.213. The van der Waals surface area contributed by atoms with Gasteiger partial charge in [0.05, 0.1) is 11.4 Å². The van der Waals surface area contributed by atoms with Gasteiger partial charge in [-0.1, -0.05) is 166 Å². The van der Waals surface area contributed by atoms with E-state index in [-0.39, 0.29) is 5.41 Å². The molecule has 1 aromatic heterocycles. The van der Waals surface area contributed by atoms with Gasteiger partial charge in [-0.05, 0) is 86.5 Å². The van der Waals surface area contributed by atoms with Crippen molar-refractivity contribution in [1.29, 1.82) is 0 Å². The molecule has 0 unspecified atom stereocenters. The van der Waals surface area contributed by atoms with Crippen LogP contribution in [0.25, 0.3) is 66.4 Å². The lowest BCUT2D eigenvalue weighted by Gasteiger charge is -2.29. The molecule has 9 aromatic rings. The number of benzene rings is 8. The van der Waals surface area contributed by atoms with Crippen molar-refractivity contribution in [3.8, 4) is 44.5 Å². The normalized spacial score (nSPS) is 12.9. The molecule has 0 saturated heterocycles. The summed E-state index contributed by atoms with van der Waals surface area (Å²) >= 11 is 0. The minimum Gasteiger partial charge on any atom is -0.454 e. The molecule has 0 atom stereocenters. The highest BCUT2D eigenvalue weighted by Gasteiger charge is 2.40. The Bertz CT molecular complexity index is 2780. The highest BCUT2D eigenvalue weighted by molar-refractivity contribution is 6.12. The molecule has 0 saturated carbocycles. The number of anilines is 3. The van der Waals surface area contributed by atoms with E-state index in [4.69, 9.17) is 4.42 Å². The van der Waals surface area contributed by atoms with E-state index in [1.165, 1.54) is 55.6 Å². The number of hydrogen-bond donors (Lipinski definition) is 0. The first-order chi connectivity index (χ1) is 26.1. The van der Waals surface area contributed by atoms with Crippen LogP contribution in [-0.2, 0) is 5.41 Å². The predicted octanol–water partition coefficient (Wildman–Crippen LogP) is 14.4. The van der Waals surface area contributed by atoms with Crippen LogP contribution < -0.4 is 4.90 Å². The molecule has 1 aliphatic carbocycles. The van der Waals surface area contributed by atoms with Gasteiger partial charge in [0, 0.05) is 27.4 Å². The average Bonchev–Trinajstić information content (AvgIpc) is 3.71. The topological polar surface area (TPSA) is 16.4 Å². The fraction of sp³-hybridized carbons (Fsp3) is 0.0588. The lowest BCUT2D eigenvalue weighted by Crippen LogP contribution is -2.17. The maximum atomic E-state index is 6.86. The van der Waals surface area contributed by atoms with Crippen LogP contribution in [0.5, 0.6) is 0 Å². The summed E-state index contributed by atoms with van der Waals surface area (Å²) in [6.07, 6.45) is 0. The Balaban J connectivity index is 1.22. The second kappa shape index (κ2) is 12.3. The third kappa shape index (κ3) is 5.02. The second-order valence-electron chi connectivity index (χ2n) is 14.5. The van der Waals surface area contributed by atoms with Crippen molar-refractivity contribution in [3.63, 3.8) is 0 Å². The molecule has 8 aromatic carbocycles. The fourth-order valence-electron chi connectivity index (χ4n) is 8.57. The van der Waals surface area contributed by atoms with Gasteiger partial charge in [-0.2, -0.15) is 0 Å². The van der Waals surface area contributed by atoms with Gasteiger partial charge in [0.25, 0.3) is 0 Å². The SMILES string of the molecule is CC1(C)c2cccc(N(c3ccc(-c4ccccc4)cc3)c3cccc4c3oc3ccc(-c5ccccc5)cc34)c2-c2cccc(-c3ccccc3)c21. The van der Waals surface area contributed by atoms with E-state index in [9.17, 15) is 0 Å². The van der Waals surface area contributed by atoms with Crippen LogP contribution in [0.2, 0.25) is 0 Å². The molecule has 10 rings (SSSR count). The number of nitrogens with zero attached hydrogens (tertiary/aromatic N) is 1. The van der Waals surface area contributed by atoms with Crippen LogP contribution in [0.3, 0.4) is 0 Å². The molecule has 0 radical (unpaired) electrons. The van der Waals surface area contributed by atoms with Gasteiger partial charge in [-0.15, -0.1) is 0 Å². The van der Waals surface area contributed by atoms with Crippen LogP contribution in [0.1, 0.15) is 25.0 Å². The standard InChI is InChI=1S/C51H37NO/c1-51(2)44-24-14-25-45(48(44)42-23-12-21-40(49(42)51)37-19-10-5-11-20-37)52(39-30-27-36(28-31-39)34-15-6-3-7-16-34)46-26-13-22-41-43-33-38(35-17-8-4-9-18-35)29-32-47(43)53-50(41)46/h3-33H,1-2H3. The number of furan rings is 1. The van der Waals surface area contributed by atoms with E-state index in [2.05, 4.69) is 207 Å². The van der Waals surface area contributed by atoms with Crippen molar-refractivity contribution in [1.82, 2.24) is 0 Å². The molecule has 0 fully saturated rings. The Labute approximate surface area is 310 Å². The number of para-hydroxylation sites is 1. The smallest absolute Gasteiger partial charge is 0.159 e. The Morgan fingerprint density at radius 2 is 1.00 bits per heavy atom. The molecular weight excluding hydrogens is 643 g/mol. The summed E-state index contributed by atoms with van der Waals surface area (Å²) in [6.45, 7) is 4.74. The van der Waals surface area contributed by atoms with Gasteiger partial charge in [0.15, 0.2) is 5.58 Å². The van der Waals surface area contributed by atoms with Gasteiger partial charge in [-0.25, -0.2) is 0 Å². The van der Waals surface area contributed by atoms with Crippen molar-refractivity contribution in [3.05, 3.63) is 199 Å². The summed E-state index contributed by atoms with van der Waals surface area (Å²) < 4.78 is 6.86. The lowest BCUT2D eigenvalue weighted by molar-refractivity contribution is 0.662. The van der Waals surface area contributed by atoms with Crippen LogP contribution >= 0.6 is 0 Å². The highest BCUT2D eigenvalue weighted by atomic mass is 16.3. The Morgan fingerprint density at radius 3 is 1.72 bits per heavy atom. The Hall–Kier alpha value is -6.64. The molecule has 2 heteroatoms. The largest absolute Gasteiger partial charge is 0.454 e. The monoisotopic (exact) mass is 679 g/mol. The number of hydrogen-bond acceptors (Lipinski definition) is 2. The van der Waals surface area contributed by atoms with Crippen molar-refractivity contribution >= 4 is 39.0 Å². The van der Waals surface area contributed by atoms with E-state index in [1.54, 1.807) is 0 Å². The summed E-state index contributed by atoms with van der Waals surface area (Å²) in [7, 11) is 0.